The van der Waals surface area contributed by atoms with Crippen LogP contribution in [0.1, 0.15) is 48.2 Å². The lowest BCUT2D eigenvalue weighted by atomic mass is 10.0. The second-order valence-corrected chi connectivity index (χ2v) is 8.80. The van der Waals surface area contributed by atoms with E-state index in [1.165, 1.54) is 0 Å². The molecule has 2 aromatic rings. The number of nitrogens with one attached hydrogen (secondary N) is 1. The van der Waals surface area contributed by atoms with Gasteiger partial charge in [0.15, 0.2) is 0 Å². The van der Waals surface area contributed by atoms with Gasteiger partial charge < -0.3 is 15.1 Å². The maximum absolute atomic E-state index is 13.4. The number of carbonyl (C=O) groups excluding carboxylic acids is 2. The highest BCUT2D eigenvalue weighted by Gasteiger charge is 2.28. The van der Waals surface area contributed by atoms with Crippen molar-refractivity contribution in [1.29, 1.82) is 5.26 Å². The number of carbonyl (C=O) groups is 2. The molecule has 0 spiro atoms. The highest BCUT2D eigenvalue weighted by molar-refractivity contribution is 5.98. The minimum atomic E-state index is -0.538. The average molecular weight is 433 g/mol. The zero-order valence-corrected chi connectivity index (χ0v) is 19.2. The topological polar surface area (TPSA) is 76.4 Å². The molecule has 6 nitrogen and oxygen atoms in total. The van der Waals surface area contributed by atoms with Crippen LogP contribution in [-0.2, 0) is 4.79 Å². The van der Waals surface area contributed by atoms with Gasteiger partial charge in [-0.25, -0.2) is 0 Å². The Morgan fingerprint density at radius 2 is 1.75 bits per heavy atom. The van der Waals surface area contributed by atoms with Crippen LogP contribution < -0.4 is 10.2 Å². The molecule has 1 saturated heterocycles. The van der Waals surface area contributed by atoms with Crippen LogP contribution >= 0.6 is 0 Å². The fourth-order valence-corrected chi connectivity index (χ4v) is 4.12. The first-order chi connectivity index (χ1) is 15.4. The van der Waals surface area contributed by atoms with Crippen LogP contribution in [0.4, 0.5) is 5.69 Å². The SMILES string of the molecule is Cc1ccccc1C(=O)NC(CC(C)C)C(=O)N1CCCN(c2ccc(C#N)cc2)CC1. The summed E-state index contributed by atoms with van der Waals surface area (Å²) in [5.74, 6) is 0.0710. The Bertz CT molecular complexity index is 978. The van der Waals surface area contributed by atoms with Gasteiger partial charge in [0.05, 0.1) is 11.6 Å². The van der Waals surface area contributed by atoms with Gasteiger partial charge in [-0.2, -0.15) is 5.26 Å². The number of nitriles is 1. The minimum absolute atomic E-state index is 0.0117. The first kappa shape index (κ1) is 23.3. The van der Waals surface area contributed by atoms with Crippen LogP contribution in [0, 0.1) is 24.2 Å². The molecule has 1 atom stereocenters. The molecule has 168 valence electrons. The maximum atomic E-state index is 13.4. The molecule has 2 aromatic carbocycles. The number of aryl methyl sites for hydroxylation is 1. The van der Waals surface area contributed by atoms with Crippen molar-refractivity contribution in [2.24, 2.45) is 5.92 Å². The molecule has 0 aliphatic carbocycles. The second-order valence-electron chi connectivity index (χ2n) is 8.80. The van der Waals surface area contributed by atoms with Crippen molar-refractivity contribution in [3.05, 3.63) is 65.2 Å². The van der Waals surface area contributed by atoms with Crippen LogP contribution in [0.15, 0.2) is 48.5 Å². The Labute approximate surface area is 190 Å². The molecule has 0 radical (unpaired) electrons. The van der Waals surface area contributed by atoms with Crippen LogP contribution in [0.25, 0.3) is 0 Å². The number of nitrogens with zero attached hydrogens (tertiary/aromatic N) is 3. The number of benzene rings is 2. The summed E-state index contributed by atoms with van der Waals surface area (Å²) in [6.07, 6.45) is 1.46. The third-order valence-corrected chi connectivity index (χ3v) is 5.87. The third-order valence-electron chi connectivity index (χ3n) is 5.87. The predicted molar refractivity (Wildman–Crippen MR) is 126 cm³/mol. The van der Waals surface area contributed by atoms with E-state index >= 15 is 0 Å². The van der Waals surface area contributed by atoms with Gasteiger partial charge in [-0.05, 0) is 61.6 Å². The largest absolute Gasteiger partial charge is 0.370 e. The van der Waals surface area contributed by atoms with E-state index in [2.05, 4.69) is 30.1 Å². The quantitative estimate of drug-likeness (QED) is 0.754. The standard InChI is InChI=1S/C26H32N4O2/c1-19(2)17-24(28-25(31)23-8-5-4-7-20(23)3)26(32)30-14-6-13-29(15-16-30)22-11-9-21(18-27)10-12-22/h4-5,7-12,19,24H,6,13-17H2,1-3H3,(H,28,31). The number of anilines is 1. The van der Waals surface area contributed by atoms with E-state index < -0.39 is 6.04 Å². The van der Waals surface area contributed by atoms with Gasteiger partial charge in [-0.15, -0.1) is 0 Å². The van der Waals surface area contributed by atoms with E-state index in [9.17, 15) is 9.59 Å². The molecular formula is C26H32N4O2. The van der Waals surface area contributed by atoms with E-state index in [0.717, 1.165) is 30.8 Å². The minimum Gasteiger partial charge on any atom is -0.370 e. The van der Waals surface area contributed by atoms with E-state index in [-0.39, 0.29) is 17.7 Å². The number of hydrogen-bond donors (Lipinski definition) is 1. The number of amides is 2. The van der Waals surface area contributed by atoms with Crippen molar-refractivity contribution in [2.45, 2.75) is 39.7 Å². The summed E-state index contributed by atoms with van der Waals surface area (Å²) in [6.45, 7) is 8.87. The van der Waals surface area contributed by atoms with Crippen molar-refractivity contribution < 1.29 is 9.59 Å². The summed E-state index contributed by atoms with van der Waals surface area (Å²) in [6, 6.07) is 16.6. The van der Waals surface area contributed by atoms with Crippen molar-refractivity contribution in [2.75, 3.05) is 31.1 Å². The van der Waals surface area contributed by atoms with Crippen molar-refractivity contribution in [3.63, 3.8) is 0 Å². The Balaban J connectivity index is 1.68. The molecule has 32 heavy (non-hydrogen) atoms. The summed E-state index contributed by atoms with van der Waals surface area (Å²) >= 11 is 0. The van der Waals surface area contributed by atoms with Crippen molar-refractivity contribution in [3.8, 4) is 6.07 Å². The average Bonchev–Trinajstić information content (AvgIpc) is 3.04. The molecule has 1 aliphatic rings. The van der Waals surface area contributed by atoms with Crippen molar-refractivity contribution in [1.82, 2.24) is 10.2 Å². The summed E-state index contributed by atoms with van der Waals surface area (Å²) in [7, 11) is 0. The molecular weight excluding hydrogens is 400 g/mol. The first-order valence-electron chi connectivity index (χ1n) is 11.3. The molecule has 1 fully saturated rings. The van der Waals surface area contributed by atoms with Crippen LogP contribution in [0.2, 0.25) is 0 Å². The van der Waals surface area contributed by atoms with Gasteiger partial charge in [-0.1, -0.05) is 32.0 Å². The lowest BCUT2D eigenvalue weighted by molar-refractivity contribution is -0.133. The van der Waals surface area contributed by atoms with Gasteiger partial charge in [0.2, 0.25) is 5.91 Å². The van der Waals surface area contributed by atoms with Gasteiger partial charge in [0.1, 0.15) is 6.04 Å². The molecule has 0 saturated carbocycles. The number of hydrogen-bond acceptors (Lipinski definition) is 4. The van der Waals surface area contributed by atoms with Gasteiger partial charge in [0.25, 0.3) is 5.91 Å². The molecule has 0 bridgehead atoms. The summed E-state index contributed by atoms with van der Waals surface area (Å²) in [5, 5.41) is 12.0. The molecule has 1 unspecified atom stereocenters. The smallest absolute Gasteiger partial charge is 0.252 e. The third kappa shape index (κ3) is 5.88. The highest BCUT2D eigenvalue weighted by Crippen LogP contribution is 2.19. The Hall–Kier alpha value is -3.33. The first-order valence-corrected chi connectivity index (χ1v) is 11.3. The van der Waals surface area contributed by atoms with Crippen LogP contribution in [0.3, 0.4) is 0 Å². The Morgan fingerprint density at radius 3 is 2.41 bits per heavy atom. The lowest BCUT2D eigenvalue weighted by Gasteiger charge is -2.28. The zero-order valence-electron chi connectivity index (χ0n) is 19.2. The molecule has 6 heteroatoms. The Kier molecular flexibility index (Phi) is 7.88. The van der Waals surface area contributed by atoms with E-state index in [1.54, 1.807) is 6.07 Å². The normalized spacial score (nSPS) is 15.1. The molecule has 2 amide bonds. The number of rotatable bonds is 6. The van der Waals surface area contributed by atoms with Gasteiger partial charge >= 0.3 is 0 Å². The van der Waals surface area contributed by atoms with Crippen LogP contribution in [-0.4, -0.2) is 48.9 Å². The second kappa shape index (κ2) is 10.8. The van der Waals surface area contributed by atoms with E-state index in [4.69, 9.17) is 5.26 Å². The van der Waals surface area contributed by atoms with E-state index in [0.29, 0.717) is 30.6 Å². The zero-order chi connectivity index (χ0) is 23.1. The summed E-state index contributed by atoms with van der Waals surface area (Å²) in [4.78, 5) is 30.4. The molecule has 0 aromatic heterocycles. The fourth-order valence-electron chi connectivity index (χ4n) is 4.12. The highest BCUT2D eigenvalue weighted by atomic mass is 16.2. The van der Waals surface area contributed by atoms with Gasteiger partial charge in [0, 0.05) is 37.4 Å². The maximum Gasteiger partial charge on any atom is 0.252 e. The summed E-state index contributed by atoms with van der Waals surface area (Å²) < 4.78 is 0. The summed E-state index contributed by atoms with van der Waals surface area (Å²) in [5.41, 5.74) is 3.21. The Morgan fingerprint density at radius 1 is 1.03 bits per heavy atom. The fraction of sp³-hybridized carbons (Fsp3) is 0.423. The molecule has 1 heterocycles. The molecule has 1 aliphatic heterocycles. The molecule has 1 N–H and O–H groups in total. The molecule has 3 rings (SSSR count). The van der Waals surface area contributed by atoms with Gasteiger partial charge in [-0.3, -0.25) is 9.59 Å². The van der Waals surface area contributed by atoms with Crippen molar-refractivity contribution >= 4 is 17.5 Å². The van der Waals surface area contributed by atoms with E-state index in [1.807, 2.05) is 54.3 Å². The van der Waals surface area contributed by atoms with Crippen LogP contribution in [0.5, 0.6) is 0 Å². The lowest BCUT2D eigenvalue weighted by Crippen LogP contribution is -2.50. The predicted octanol–water partition coefficient (Wildman–Crippen LogP) is 3.75. The monoisotopic (exact) mass is 432 g/mol.